The maximum atomic E-state index is 12.5. The average Bonchev–Trinajstić information content (AvgIpc) is 3.41. The number of pyridine rings is 1. The molecule has 1 aromatic carbocycles. The minimum atomic E-state index is -0.138. The number of fused-ring (bicyclic) bond motifs is 1. The van der Waals surface area contributed by atoms with Gasteiger partial charge in [-0.2, -0.15) is 0 Å². The second kappa shape index (κ2) is 6.55. The van der Waals surface area contributed by atoms with Gasteiger partial charge in [-0.15, -0.1) is 0 Å². The smallest absolute Gasteiger partial charge is 0.277 e. The normalized spacial score (nSPS) is 14.0. The fourth-order valence-electron chi connectivity index (χ4n) is 3.12. The Morgan fingerprint density at radius 1 is 1.35 bits per heavy atom. The van der Waals surface area contributed by atoms with E-state index < -0.39 is 0 Å². The van der Waals surface area contributed by atoms with Crippen LogP contribution in [0.5, 0.6) is 0 Å². The molecule has 1 aliphatic carbocycles. The van der Waals surface area contributed by atoms with Crippen LogP contribution in [0.1, 0.15) is 24.3 Å². The van der Waals surface area contributed by atoms with Crippen LogP contribution in [0, 0.1) is 0 Å². The van der Waals surface area contributed by atoms with E-state index in [1.165, 1.54) is 23.1 Å². The molecule has 0 amide bonds. The van der Waals surface area contributed by atoms with Crippen LogP contribution in [-0.2, 0) is 7.05 Å². The molecule has 0 spiro atoms. The van der Waals surface area contributed by atoms with Crippen molar-refractivity contribution in [2.75, 3.05) is 22.9 Å². The molecule has 1 aliphatic rings. The molecule has 2 aromatic heterocycles. The molecule has 2 N–H and O–H groups in total. The Morgan fingerprint density at radius 3 is 2.81 bits per heavy atom. The molecule has 3 aromatic rings. The number of nitrogens with one attached hydrogen (secondary N) is 2. The van der Waals surface area contributed by atoms with Crippen molar-refractivity contribution >= 4 is 51.6 Å². The number of H-pyrrole nitrogens is 1. The molecule has 0 unspecified atom stereocenters. The van der Waals surface area contributed by atoms with E-state index in [1.54, 1.807) is 25.1 Å². The fraction of sp³-hybridized carbons (Fsp3) is 0.333. The summed E-state index contributed by atoms with van der Waals surface area (Å²) in [6.07, 6.45) is 4.56. The number of benzene rings is 1. The summed E-state index contributed by atoms with van der Waals surface area (Å²) in [5.74, 6) is 0.678. The van der Waals surface area contributed by atoms with Crippen LogP contribution in [0.2, 0.25) is 5.15 Å². The number of rotatable bonds is 5. The van der Waals surface area contributed by atoms with Crippen LogP contribution >= 0.6 is 23.5 Å². The molecule has 1 saturated carbocycles. The number of halogens is 1. The van der Waals surface area contributed by atoms with Crippen molar-refractivity contribution in [3.05, 3.63) is 45.3 Å². The lowest BCUT2D eigenvalue weighted by Crippen LogP contribution is -2.13. The van der Waals surface area contributed by atoms with Crippen LogP contribution in [-0.4, -0.2) is 28.1 Å². The van der Waals surface area contributed by atoms with Gasteiger partial charge in [0.25, 0.3) is 5.56 Å². The van der Waals surface area contributed by atoms with Gasteiger partial charge in [0.1, 0.15) is 10.5 Å². The maximum absolute atomic E-state index is 12.5. The van der Waals surface area contributed by atoms with Gasteiger partial charge in [-0.3, -0.25) is 14.6 Å². The van der Waals surface area contributed by atoms with Crippen LogP contribution in [0.25, 0.3) is 11.0 Å². The molecular weight excluding hydrogens is 370 g/mol. The van der Waals surface area contributed by atoms with Gasteiger partial charge in [0.2, 0.25) is 0 Å². The summed E-state index contributed by atoms with van der Waals surface area (Å²) in [5, 5.41) is 7.16. The standard InChI is InChI=1S/C18H20ClN5OS/c1-23-18(25)16-13(9-15(19)21-17(16)22-23)20-12-7-6-11(10-4-5-10)8-14(12)24(2)26-3/h6-10H,4-5H2,1-3H3,(H2,20,21,22). The second-order valence-electron chi connectivity index (χ2n) is 6.55. The van der Waals surface area contributed by atoms with Gasteiger partial charge < -0.3 is 9.62 Å². The first kappa shape index (κ1) is 17.3. The first-order chi connectivity index (χ1) is 12.5. The number of aromatic amines is 1. The summed E-state index contributed by atoms with van der Waals surface area (Å²) in [5.41, 5.74) is 4.36. The van der Waals surface area contributed by atoms with Gasteiger partial charge in [-0.05, 0) is 42.5 Å². The molecule has 6 nitrogen and oxygen atoms in total. The second-order valence-corrected chi connectivity index (χ2v) is 7.85. The molecule has 8 heteroatoms. The van der Waals surface area contributed by atoms with Crippen molar-refractivity contribution < 1.29 is 0 Å². The van der Waals surface area contributed by atoms with E-state index in [9.17, 15) is 4.79 Å². The lowest BCUT2D eigenvalue weighted by atomic mass is 10.1. The Bertz CT molecular complexity index is 1040. The summed E-state index contributed by atoms with van der Waals surface area (Å²) in [7, 11) is 3.70. The number of hydrogen-bond donors (Lipinski definition) is 2. The van der Waals surface area contributed by atoms with Gasteiger partial charge in [0.15, 0.2) is 5.65 Å². The van der Waals surface area contributed by atoms with E-state index in [-0.39, 0.29) is 5.56 Å². The zero-order valence-electron chi connectivity index (χ0n) is 14.8. The lowest BCUT2D eigenvalue weighted by Gasteiger charge is -2.21. The molecule has 136 valence electrons. The van der Waals surface area contributed by atoms with E-state index in [1.807, 2.05) is 13.3 Å². The van der Waals surface area contributed by atoms with Crippen molar-refractivity contribution in [2.24, 2.45) is 7.05 Å². The van der Waals surface area contributed by atoms with E-state index in [0.717, 1.165) is 11.4 Å². The summed E-state index contributed by atoms with van der Waals surface area (Å²) < 4.78 is 3.52. The largest absolute Gasteiger partial charge is 0.353 e. The monoisotopic (exact) mass is 389 g/mol. The van der Waals surface area contributed by atoms with Crippen molar-refractivity contribution in [1.29, 1.82) is 0 Å². The van der Waals surface area contributed by atoms with Crippen molar-refractivity contribution in [2.45, 2.75) is 18.8 Å². The number of hydrogen-bond acceptors (Lipinski definition) is 5. The van der Waals surface area contributed by atoms with E-state index in [4.69, 9.17) is 11.6 Å². The van der Waals surface area contributed by atoms with Gasteiger partial charge in [0, 0.05) is 20.4 Å². The SMILES string of the molecule is CSN(C)c1cc(C2CC2)ccc1Nc1cc(Cl)nc2[nH]n(C)c(=O)c12. The molecule has 0 atom stereocenters. The number of anilines is 3. The molecule has 0 bridgehead atoms. The first-order valence-electron chi connectivity index (χ1n) is 8.42. The van der Waals surface area contributed by atoms with Crippen molar-refractivity contribution in [1.82, 2.24) is 14.8 Å². The molecule has 2 heterocycles. The summed E-state index contributed by atoms with van der Waals surface area (Å²) in [4.78, 5) is 16.7. The number of aryl methyl sites for hydroxylation is 1. The van der Waals surface area contributed by atoms with E-state index in [2.05, 4.69) is 37.9 Å². The Labute approximate surface area is 160 Å². The zero-order chi connectivity index (χ0) is 18.4. The van der Waals surface area contributed by atoms with E-state index >= 15 is 0 Å². The van der Waals surface area contributed by atoms with Crippen LogP contribution in [0.3, 0.4) is 0 Å². The fourth-order valence-corrected chi connectivity index (χ4v) is 3.66. The Morgan fingerprint density at radius 2 is 2.12 bits per heavy atom. The Balaban J connectivity index is 1.82. The summed E-state index contributed by atoms with van der Waals surface area (Å²) in [6, 6.07) is 8.16. The molecule has 26 heavy (non-hydrogen) atoms. The summed E-state index contributed by atoms with van der Waals surface area (Å²) >= 11 is 7.80. The molecule has 0 saturated heterocycles. The third-order valence-corrected chi connectivity index (χ3v) is 5.67. The van der Waals surface area contributed by atoms with Gasteiger partial charge >= 0.3 is 0 Å². The zero-order valence-corrected chi connectivity index (χ0v) is 16.4. The predicted octanol–water partition coefficient (Wildman–Crippen LogP) is 4.25. The summed E-state index contributed by atoms with van der Waals surface area (Å²) in [6.45, 7) is 0. The minimum absolute atomic E-state index is 0.138. The van der Waals surface area contributed by atoms with Crippen molar-refractivity contribution in [3.63, 3.8) is 0 Å². The molecule has 1 fully saturated rings. The topological polar surface area (TPSA) is 66.0 Å². The quantitative estimate of drug-likeness (QED) is 0.504. The molecule has 4 rings (SSSR count). The van der Waals surface area contributed by atoms with Gasteiger partial charge in [0.05, 0.1) is 17.1 Å². The highest BCUT2D eigenvalue weighted by atomic mass is 35.5. The molecule has 0 radical (unpaired) electrons. The van der Waals surface area contributed by atoms with Crippen LogP contribution < -0.4 is 15.2 Å². The first-order valence-corrected chi connectivity index (χ1v) is 9.98. The minimum Gasteiger partial charge on any atom is -0.353 e. The van der Waals surface area contributed by atoms with E-state index in [0.29, 0.717) is 27.8 Å². The third-order valence-electron chi connectivity index (χ3n) is 4.73. The average molecular weight is 390 g/mol. The van der Waals surface area contributed by atoms with Gasteiger partial charge in [-0.1, -0.05) is 29.6 Å². The molecular formula is C18H20ClN5OS. The van der Waals surface area contributed by atoms with Crippen LogP contribution in [0.15, 0.2) is 29.1 Å². The number of aromatic nitrogens is 3. The number of nitrogens with zero attached hydrogens (tertiary/aromatic N) is 3. The highest BCUT2D eigenvalue weighted by Crippen LogP contribution is 2.43. The van der Waals surface area contributed by atoms with Gasteiger partial charge in [-0.25, -0.2) is 4.98 Å². The Kier molecular flexibility index (Phi) is 4.36. The lowest BCUT2D eigenvalue weighted by molar-refractivity contribution is 0.748. The highest BCUT2D eigenvalue weighted by Gasteiger charge is 2.25. The predicted molar refractivity (Wildman–Crippen MR) is 110 cm³/mol. The van der Waals surface area contributed by atoms with Crippen LogP contribution in [0.4, 0.5) is 17.1 Å². The van der Waals surface area contributed by atoms with Crippen molar-refractivity contribution in [3.8, 4) is 0 Å². The highest BCUT2D eigenvalue weighted by molar-refractivity contribution is 7.99. The maximum Gasteiger partial charge on any atom is 0.277 e. The third kappa shape index (κ3) is 3.05. The Hall–Kier alpha value is -2.12. The molecule has 0 aliphatic heterocycles.